The van der Waals surface area contributed by atoms with Crippen molar-refractivity contribution in [1.82, 2.24) is 5.32 Å². The normalized spacial score (nSPS) is 10.7. The Kier molecular flexibility index (Phi) is 10.4. The maximum Gasteiger partial charge on any atom is 0.232 e. The van der Waals surface area contributed by atoms with E-state index in [1.165, 1.54) is 0 Å². The van der Waals surface area contributed by atoms with Crippen LogP contribution in [-0.4, -0.2) is 25.0 Å². The molecule has 0 aliphatic carbocycles. The van der Waals surface area contributed by atoms with Gasteiger partial charge in [0.1, 0.15) is 6.79 Å². The minimum absolute atomic E-state index is 0.00386. The lowest BCUT2D eigenvalue weighted by Gasteiger charge is -2.02. The minimum atomic E-state index is -0.139. The van der Waals surface area contributed by atoms with Gasteiger partial charge in [-0.15, -0.1) is 0 Å². The van der Waals surface area contributed by atoms with Crippen LogP contribution in [-0.2, 0) is 9.59 Å². The Morgan fingerprint density at radius 1 is 1.70 bits per heavy atom. The van der Waals surface area contributed by atoms with Crippen molar-refractivity contribution >= 4 is 25.3 Å². The van der Waals surface area contributed by atoms with E-state index in [4.69, 9.17) is 4.79 Å². The summed E-state index contributed by atoms with van der Waals surface area (Å²) >= 11 is 3.99. The molecule has 0 saturated carbocycles. The Bertz CT molecular complexity index is 97.7. The van der Waals surface area contributed by atoms with E-state index in [-0.39, 0.29) is 11.2 Å². The van der Waals surface area contributed by atoms with Gasteiger partial charge in [-0.25, -0.2) is 0 Å². The van der Waals surface area contributed by atoms with Crippen molar-refractivity contribution in [2.45, 2.75) is 18.6 Å². The first-order valence-corrected chi connectivity index (χ1v) is 3.42. The van der Waals surface area contributed by atoms with Gasteiger partial charge < -0.3 is 10.1 Å². The molecule has 1 N–H and O–H groups in total. The smallest absolute Gasteiger partial charge is 0.232 e. The van der Waals surface area contributed by atoms with Crippen molar-refractivity contribution in [3.63, 3.8) is 0 Å². The van der Waals surface area contributed by atoms with Gasteiger partial charge in [0.15, 0.2) is 0 Å². The zero-order valence-electron chi connectivity index (χ0n) is 6.26. The molecule has 10 heavy (non-hydrogen) atoms. The highest BCUT2D eigenvalue weighted by Gasteiger charge is 2.06. The number of hydrogen-bond acceptors (Lipinski definition) is 3. The summed E-state index contributed by atoms with van der Waals surface area (Å²) in [4.78, 5) is 18.6. The van der Waals surface area contributed by atoms with Crippen LogP contribution in [0.15, 0.2) is 0 Å². The van der Waals surface area contributed by atoms with Crippen LogP contribution in [0.25, 0.3) is 0 Å². The molecular formula is C6H13NO2S. The zero-order valence-corrected chi connectivity index (χ0v) is 7.15. The molecule has 0 saturated heterocycles. The summed E-state index contributed by atoms with van der Waals surface area (Å²) in [6, 6.07) is 0. The quantitative estimate of drug-likeness (QED) is 0.573. The molecule has 0 rings (SSSR count). The summed E-state index contributed by atoms with van der Waals surface area (Å²) in [5, 5.41) is 2.36. The van der Waals surface area contributed by atoms with Crippen LogP contribution in [0, 0.1) is 0 Å². The summed E-state index contributed by atoms with van der Waals surface area (Å²) in [6.45, 7) is 3.92. The van der Waals surface area contributed by atoms with E-state index in [2.05, 4.69) is 17.9 Å². The number of thiol groups is 1. The van der Waals surface area contributed by atoms with Gasteiger partial charge in [-0.3, -0.25) is 4.79 Å². The molecule has 0 aliphatic heterocycles. The second kappa shape index (κ2) is 8.49. The highest BCUT2D eigenvalue weighted by atomic mass is 32.1. The van der Waals surface area contributed by atoms with Gasteiger partial charge in [0.05, 0.1) is 5.25 Å². The van der Waals surface area contributed by atoms with Crippen molar-refractivity contribution in [3.8, 4) is 0 Å². The van der Waals surface area contributed by atoms with Crippen molar-refractivity contribution in [3.05, 3.63) is 0 Å². The topological polar surface area (TPSA) is 46.2 Å². The van der Waals surface area contributed by atoms with E-state index in [1.807, 2.05) is 13.7 Å². The number of nitrogens with one attached hydrogen (secondary N) is 1. The zero-order chi connectivity index (χ0) is 8.57. The molecule has 1 unspecified atom stereocenters. The second-order valence-electron chi connectivity index (χ2n) is 1.54. The standard InChI is InChI=1S/C5H11NOS.CH2O/c1-3-4(8)5(7)6-2;1-2/h4,8H,3H2,1-2H3,(H,6,7);1H2. The molecule has 0 aromatic rings. The second-order valence-corrected chi connectivity index (χ2v) is 2.16. The Labute approximate surface area is 66.6 Å². The predicted octanol–water partition coefficient (Wildman–Crippen LogP) is 0.256. The van der Waals surface area contributed by atoms with E-state index >= 15 is 0 Å². The molecule has 0 heterocycles. The third kappa shape index (κ3) is 5.62. The van der Waals surface area contributed by atoms with Gasteiger partial charge in [-0.1, -0.05) is 6.92 Å². The van der Waals surface area contributed by atoms with E-state index in [1.54, 1.807) is 7.05 Å². The van der Waals surface area contributed by atoms with Gasteiger partial charge in [0, 0.05) is 7.05 Å². The molecule has 60 valence electrons. The lowest BCUT2D eigenvalue weighted by Crippen LogP contribution is -2.27. The van der Waals surface area contributed by atoms with Crippen LogP contribution in [0.5, 0.6) is 0 Å². The largest absolute Gasteiger partial charge is 0.358 e. The van der Waals surface area contributed by atoms with Crippen LogP contribution >= 0.6 is 12.6 Å². The number of carbonyl (C=O) groups is 2. The van der Waals surface area contributed by atoms with E-state index in [9.17, 15) is 4.79 Å². The molecule has 0 aromatic heterocycles. The fourth-order valence-corrected chi connectivity index (χ4v) is 0.481. The maximum atomic E-state index is 10.6. The monoisotopic (exact) mass is 163 g/mol. The Morgan fingerprint density at radius 2 is 2.10 bits per heavy atom. The van der Waals surface area contributed by atoms with Gasteiger partial charge in [0.25, 0.3) is 0 Å². The highest BCUT2D eigenvalue weighted by molar-refractivity contribution is 7.81. The fourth-order valence-electron chi connectivity index (χ4n) is 0.352. The highest BCUT2D eigenvalue weighted by Crippen LogP contribution is 1.97. The van der Waals surface area contributed by atoms with Crippen molar-refractivity contribution in [2.24, 2.45) is 0 Å². The first-order chi connectivity index (χ1) is 4.72. The average Bonchev–Trinajstić information content (AvgIpc) is 2.05. The maximum absolute atomic E-state index is 10.6. The van der Waals surface area contributed by atoms with E-state index in [0.717, 1.165) is 6.42 Å². The third-order valence-electron chi connectivity index (χ3n) is 0.936. The Morgan fingerprint density at radius 3 is 2.20 bits per heavy atom. The van der Waals surface area contributed by atoms with Crippen LogP contribution < -0.4 is 5.32 Å². The van der Waals surface area contributed by atoms with Crippen molar-refractivity contribution < 1.29 is 9.59 Å². The molecule has 0 spiro atoms. The number of carbonyl (C=O) groups excluding carboxylic acids is 2. The predicted molar refractivity (Wildman–Crippen MR) is 44.3 cm³/mol. The average molecular weight is 163 g/mol. The summed E-state index contributed by atoms with van der Waals surface area (Å²) < 4.78 is 0. The number of rotatable bonds is 2. The van der Waals surface area contributed by atoms with Gasteiger partial charge >= 0.3 is 0 Å². The summed E-state index contributed by atoms with van der Waals surface area (Å²) in [7, 11) is 1.61. The summed E-state index contributed by atoms with van der Waals surface area (Å²) in [6.07, 6.45) is 0.781. The molecule has 0 aromatic carbocycles. The number of amides is 1. The molecular weight excluding hydrogens is 150 g/mol. The van der Waals surface area contributed by atoms with Crippen LogP contribution in [0.1, 0.15) is 13.3 Å². The Hall–Kier alpha value is -0.510. The SMILES string of the molecule is C=O.CCC(S)C(=O)NC. The molecule has 1 atom stereocenters. The summed E-state index contributed by atoms with van der Waals surface area (Å²) in [5.41, 5.74) is 0. The van der Waals surface area contributed by atoms with E-state index < -0.39 is 0 Å². The molecule has 0 aliphatic rings. The van der Waals surface area contributed by atoms with Crippen LogP contribution in [0.3, 0.4) is 0 Å². The molecule has 1 amide bonds. The molecule has 4 heteroatoms. The van der Waals surface area contributed by atoms with Crippen molar-refractivity contribution in [1.29, 1.82) is 0 Å². The van der Waals surface area contributed by atoms with Gasteiger partial charge in [-0.05, 0) is 6.42 Å². The molecule has 0 bridgehead atoms. The first-order valence-electron chi connectivity index (χ1n) is 2.91. The molecule has 0 radical (unpaired) electrons. The first kappa shape index (κ1) is 12.2. The number of hydrogen-bond donors (Lipinski definition) is 2. The van der Waals surface area contributed by atoms with Crippen molar-refractivity contribution in [2.75, 3.05) is 7.05 Å². The Balaban J connectivity index is 0. The third-order valence-corrected chi connectivity index (χ3v) is 1.54. The van der Waals surface area contributed by atoms with Crippen LogP contribution in [0.4, 0.5) is 0 Å². The van der Waals surface area contributed by atoms with E-state index in [0.29, 0.717) is 0 Å². The molecule has 3 nitrogen and oxygen atoms in total. The lowest BCUT2D eigenvalue weighted by atomic mass is 10.3. The van der Waals surface area contributed by atoms with Gasteiger partial charge in [-0.2, -0.15) is 12.6 Å². The fraction of sp³-hybridized carbons (Fsp3) is 0.667. The lowest BCUT2D eigenvalue weighted by molar-refractivity contribution is -0.120. The minimum Gasteiger partial charge on any atom is -0.358 e. The summed E-state index contributed by atoms with van der Waals surface area (Å²) in [5.74, 6) is -0.00386. The van der Waals surface area contributed by atoms with Crippen LogP contribution in [0.2, 0.25) is 0 Å². The molecule has 0 fully saturated rings. The van der Waals surface area contributed by atoms with Gasteiger partial charge in [0.2, 0.25) is 5.91 Å².